The van der Waals surface area contributed by atoms with Gasteiger partial charge in [0.25, 0.3) is 5.91 Å². The highest BCUT2D eigenvalue weighted by Gasteiger charge is 2.49. The lowest BCUT2D eigenvalue weighted by Gasteiger charge is -2.29. The van der Waals surface area contributed by atoms with Crippen LogP contribution in [0, 0.1) is 24.1 Å². The van der Waals surface area contributed by atoms with Gasteiger partial charge in [0.15, 0.2) is 16.7 Å². The van der Waals surface area contributed by atoms with Gasteiger partial charge in [-0.2, -0.15) is 5.26 Å². The van der Waals surface area contributed by atoms with E-state index in [-0.39, 0.29) is 11.7 Å². The number of thiocarbonyl (C=S) groups is 1. The van der Waals surface area contributed by atoms with E-state index in [0.29, 0.717) is 48.5 Å². The Kier molecular flexibility index (Phi) is 7.90. The Morgan fingerprint density at radius 1 is 1.24 bits per heavy atom. The van der Waals surface area contributed by atoms with Crippen molar-refractivity contribution >= 4 is 28.9 Å². The Morgan fingerprint density at radius 2 is 1.97 bits per heavy atom. The van der Waals surface area contributed by atoms with Crippen molar-refractivity contribution in [2.24, 2.45) is 0 Å². The summed E-state index contributed by atoms with van der Waals surface area (Å²) < 4.78 is 20.1. The fourth-order valence-corrected chi connectivity index (χ4v) is 4.36. The SMILES string of the molecule is Cc1cc(N2C(=O)C(C)(C)N(CCCOc3ccc(CNC(C)C)cc3F)C2=S)ccc1C#N. The molecule has 0 spiro atoms. The minimum atomic E-state index is -0.824. The summed E-state index contributed by atoms with van der Waals surface area (Å²) in [7, 11) is 0. The molecule has 0 unspecified atom stereocenters. The molecule has 1 fully saturated rings. The van der Waals surface area contributed by atoms with E-state index < -0.39 is 11.4 Å². The number of nitrogens with zero attached hydrogens (tertiary/aromatic N) is 3. The second kappa shape index (κ2) is 10.5. The van der Waals surface area contributed by atoms with Gasteiger partial charge in [0, 0.05) is 19.1 Å². The van der Waals surface area contributed by atoms with Crippen molar-refractivity contribution in [1.29, 1.82) is 5.26 Å². The average molecular weight is 483 g/mol. The lowest BCUT2D eigenvalue weighted by molar-refractivity contribution is -0.123. The van der Waals surface area contributed by atoms with Crippen LogP contribution in [0.2, 0.25) is 0 Å². The highest BCUT2D eigenvalue weighted by Crippen LogP contribution is 2.33. The highest BCUT2D eigenvalue weighted by molar-refractivity contribution is 7.80. The van der Waals surface area contributed by atoms with E-state index in [1.165, 1.54) is 11.0 Å². The summed E-state index contributed by atoms with van der Waals surface area (Å²) in [5.41, 5.74) is 2.03. The summed E-state index contributed by atoms with van der Waals surface area (Å²) in [4.78, 5) is 16.6. The van der Waals surface area contributed by atoms with Crippen molar-refractivity contribution in [1.82, 2.24) is 10.2 Å². The highest BCUT2D eigenvalue weighted by atomic mass is 32.1. The Morgan fingerprint density at radius 3 is 2.59 bits per heavy atom. The molecular weight excluding hydrogens is 451 g/mol. The van der Waals surface area contributed by atoms with Crippen LogP contribution in [-0.2, 0) is 11.3 Å². The quantitative estimate of drug-likeness (QED) is 0.413. The molecule has 180 valence electrons. The molecule has 0 aliphatic carbocycles. The maximum Gasteiger partial charge on any atom is 0.258 e. The van der Waals surface area contributed by atoms with Gasteiger partial charge >= 0.3 is 0 Å². The van der Waals surface area contributed by atoms with Crippen LogP contribution in [0.4, 0.5) is 10.1 Å². The van der Waals surface area contributed by atoms with Crippen molar-refractivity contribution in [3.63, 3.8) is 0 Å². The van der Waals surface area contributed by atoms with Gasteiger partial charge in [-0.15, -0.1) is 0 Å². The number of ether oxygens (including phenoxy) is 1. The molecule has 0 bridgehead atoms. The van der Waals surface area contributed by atoms with Crippen LogP contribution in [0.1, 0.15) is 50.8 Å². The van der Waals surface area contributed by atoms with Gasteiger partial charge in [0.05, 0.1) is 23.9 Å². The first-order valence-corrected chi connectivity index (χ1v) is 11.8. The Balaban J connectivity index is 1.61. The zero-order valence-electron chi connectivity index (χ0n) is 20.3. The normalized spacial score (nSPS) is 15.2. The van der Waals surface area contributed by atoms with Gasteiger partial charge in [-0.05, 0) is 80.9 Å². The van der Waals surface area contributed by atoms with Crippen LogP contribution in [0.15, 0.2) is 36.4 Å². The van der Waals surface area contributed by atoms with E-state index in [0.717, 1.165) is 11.1 Å². The zero-order chi connectivity index (χ0) is 25.0. The fraction of sp³-hybridized carbons (Fsp3) is 0.423. The molecule has 1 heterocycles. The summed E-state index contributed by atoms with van der Waals surface area (Å²) in [5.74, 6) is -0.306. The molecule has 0 saturated carbocycles. The maximum absolute atomic E-state index is 14.4. The van der Waals surface area contributed by atoms with Gasteiger partial charge in [-0.1, -0.05) is 19.9 Å². The Bertz CT molecular complexity index is 1130. The van der Waals surface area contributed by atoms with Gasteiger partial charge in [-0.25, -0.2) is 4.39 Å². The molecular formula is C26H31FN4O2S. The van der Waals surface area contributed by atoms with Crippen molar-refractivity contribution in [2.45, 2.75) is 59.2 Å². The van der Waals surface area contributed by atoms with Crippen LogP contribution in [-0.4, -0.2) is 40.7 Å². The Hall–Kier alpha value is -3.02. The van der Waals surface area contributed by atoms with E-state index in [4.69, 9.17) is 17.0 Å². The smallest absolute Gasteiger partial charge is 0.258 e. The second-order valence-electron chi connectivity index (χ2n) is 9.25. The van der Waals surface area contributed by atoms with Crippen molar-refractivity contribution in [3.8, 4) is 11.8 Å². The third-order valence-electron chi connectivity index (χ3n) is 5.91. The van der Waals surface area contributed by atoms with Crippen LogP contribution in [0.3, 0.4) is 0 Å². The molecule has 1 aliphatic rings. The predicted molar refractivity (Wildman–Crippen MR) is 135 cm³/mol. The second-order valence-corrected chi connectivity index (χ2v) is 9.61. The molecule has 1 aliphatic heterocycles. The topological polar surface area (TPSA) is 68.6 Å². The molecule has 1 amide bonds. The molecule has 2 aromatic rings. The van der Waals surface area contributed by atoms with Crippen LogP contribution >= 0.6 is 12.2 Å². The number of amides is 1. The molecule has 6 nitrogen and oxygen atoms in total. The standard InChI is InChI=1S/C26H31FN4O2S/c1-17(2)29-16-19-7-10-23(22(27)14-19)33-12-6-11-30-25(34)31(24(32)26(30,4)5)21-9-8-20(15-28)18(3)13-21/h7-10,13-14,17,29H,6,11-12,16H2,1-5H3. The van der Waals surface area contributed by atoms with Crippen molar-refractivity contribution < 1.29 is 13.9 Å². The summed E-state index contributed by atoms with van der Waals surface area (Å²) in [6, 6.07) is 12.7. The molecule has 8 heteroatoms. The third kappa shape index (κ3) is 5.37. The first-order chi connectivity index (χ1) is 16.1. The van der Waals surface area contributed by atoms with Crippen molar-refractivity contribution in [2.75, 3.05) is 18.1 Å². The number of carbonyl (C=O) groups excluding carboxylic acids is 1. The maximum atomic E-state index is 14.4. The van der Waals surface area contributed by atoms with Crippen molar-refractivity contribution in [3.05, 3.63) is 58.9 Å². The number of rotatable bonds is 9. The molecule has 0 aromatic heterocycles. The summed E-state index contributed by atoms with van der Waals surface area (Å²) in [5, 5.41) is 12.8. The van der Waals surface area contributed by atoms with E-state index in [2.05, 4.69) is 11.4 Å². The van der Waals surface area contributed by atoms with Crippen LogP contribution in [0.5, 0.6) is 5.75 Å². The minimum absolute atomic E-state index is 0.126. The number of nitrogens with one attached hydrogen (secondary N) is 1. The number of benzene rings is 2. The van der Waals surface area contributed by atoms with E-state index >= 15 is 0 Å². The van der Waals surface area contributed by atoms with Gasteiger partial charge in [-0.3, -0.25) is 9.69 Å². The third-order valence-corrected chi connectivity index (χ3v) is 6.31. The lowest BCUT2D eigenvalue weighted by Crippen LogP contribution is -2.44. The van der Waals surface area contributed by atoms with E-state index in [9.17, 15) is 14.4 Å². The molecule has 1 N–H and O–H groups in total. The average Bonchev–Trinajstić information content (AvgIpc) is 2.95. The molecule has 0 radical (unpaired) electrons. The number of aryl methyl sites for hydroxylation is 1. The molecule has 3 rings (SSSR count). The van der Waals surface area contributed by atoms with Gasteiger partial charge in [0.1, 0.15) is 5.54 Å². The Labute approximate surface area is 206 Å². The van der Waals surface area contributed by atoms with Crippen LogP contribution < -0.4 is 15.0 Å². The molecule has 34 heavy (non-hydrogen) atoms. The number of anilines is 1. The number of hydrogen-bond acceptors (Lipinski definition) is 5. The monoisotopic (exact) mass is 482 g/mol. The molecule has 2 aromatic carbocycles. The first-order valence-electron chi connectivity index (χ1n) is 11.4. The minimum Gasteiger partial charge on any atom is -0.490 e. The first kappa shape index (κ1) is 25.6. The predicted octanol–water partition coefficient (Wildman–Crippen LogP) is 4.69. The number of halogens is 1. The zero-order valence-corrected chi connectivity index (χ0v) is 21.1. The molecule has 1 saturated heterocycles. The number of hydrogen-bond donors (Lipinski definition) is 1. The summed E-state index contributed by atoms with van der Waals surface area (Å²) >= 11 is 5.65. The van der Waals surface area contributed by atoms with E-state index in [1.807, 2.05) is 45.6 Å². The number of nitriles is 1. The van der Waals surface area contributed by atoms with Gasteiger partial charge in [0.2, 0.25) is 0 Å². The summed E-state index contributed by atoms with van der Waals surface area (Å²) in [6.07, 6.45) is 0.563. The molecule has 0 atom stereocenters. The van der Waals surface area contributed by atoms with Gasteiger partial charge < -0.3 is 15.0 Å². The van der Waals surface area contributed by atoms with Crippen LogP contribution in [0.25, 0.3) is 0 Å². The fourth-order valence-electron chi connectivity index (χ4n) is 3.85. The van der Waals surface area contributed by atoms with E-state index in [1.54, 1.807) is 24.3 Å². The largest absolute Gasteiger partial charge is 0.490 e. The number of carbonyl (C=O) groups is 1. The lowest BCUT2D eigenvalue weighted by atomic mass is 10.0. The summed E-state index contributed by atoms with van der Waals surface area (Å²) in [6.45, 7) is 11.0.